The number of carbonyl (C=O) groups is 2. The topological polar surface area (TPSA) is 95.6 Å². The molecule has 2 N–H and O–H groups in total. The summed E-state index contributed by atoms with van der Waals surface area (Å²) in [6.07, 6.45) is -0.326. The van der Waals surface area contributed by atoms with E-state index in [4.69, 9.17) is 5.73 Å². The first kappa shape index (κ1) is 8.06. The largest absolute Gasteiger partial charge is 0.550 e. The minimum atomic E-state index is -1.26. The first-order valence-corrected chi connectivity index (χ1v) is 3.72. The summed E-state index contributed by atoms with van der Waals surface area (Å²) in [5.41, 5.74) is 5.17. The van der Waals surface area contributed by atoms with Gasteiger partial charge in [-0.3, -0.25) is 4.79 Å². The summed E-state index contributed by atoms with van der Waals surface area (Å²) >= 11 is 0.959. The maximum Gasteiger partial charge on any atom is 0.262 e. The van der Waals surface area contributed by atoms with Gasteiger partial charge in [-0.25, -0.2) is 0 Å². The van der Waals surface area contributed by atoms with Gasteiger partial charge in [0.1, 0.15) is 0 Å². The number of amides is 1. The fraction of sp³-hybridized carbons (Fsp3) is 0.400. The van der Waals surface area contributed by atoms with E-state index in [1.807, 2.05) is 0 Å². The highest BCUT2D eigenvalue weighted by atomic mass is 32.2. The second-order valence-electron chi connectivity index (χ2n) is 1.97. The molecule has 11 heavy (non-hydrogen) atoms. The van der Waals surface area contributed by atoms with Gasteiger partial charge in [0.25, 0.3) is 5.91 Å². The molecule has 0 unspecified atom stereocenters. The van der Waals surface area contributed by atoms with Gasteiger partial charge in [0.05, 0.1) is 5.25 Å². The summed E-state index contributed by atoms with van der Waals surface area (Å²) in [6.45, 7) is 0. The van der Waals surface area contributed by atoms with Crippen LogP contribution >= 0.6 is 11.8 Å². The van der Waals surface area contributed by atoms with Crippen molar-refractivity contribution >= 4 is 28.8 Å². The van der Waals surface area contributed by atoms with Crippen LogP contribution in [0, 0.1) is 0 Å². The monoisotopic (exact) mass is 173 g/mol. The lowest BCUT2D eigenvalue weighted by atomic mass is 10.3. The number of rotatable bonds is 2. The highest BCUT2D eigenvalue weighted by molar-refractivity contribution is 8.15. The van der Waals surface area contributed by atoms with Crippen molar-refractivity contribution in [3.05, 3.63) is 0 Å². The number of hydrogen-bond donors (Lipinski definition) is 1. The number of amidine groups is 1. The number of carboxylic acid groups (broad SMARTS) is 1. The Labute approximate surface area is 66.7 Å². The summed E-state index contributed by atoms with van der Waals surface area (Å²) in [5.74, 6) is -1.75. The van der Waals surface area contributed by atoms with Crippen molar-refractivity contribution in [1.82, 2.24) is 0 Å². The van der Waals surface area contributed by atoms with E-state index in [2.05, 4.69) is 4.99 Å². The van der Waals surface area contributed by atoms with E-state index < -0.39 is 17.1 Å². The van der Waals surface area contributed by atoms with E-state index in [1.54, 1.807) is 0 Å². The van der Waals surface area contributed by atoms with Gasteiger partial charge in [0.15, 0.2) is 5.17 Å². The molecule has 5 nitrogen and oxygen atoms in total. The molecule has 0 radical (unpaired) electrons. The highest BCUT2D eigenvalue weighted by Gasteiger charge is 2.26. The third kappa shape index (κ3) is 1.94. The molecule has 1 heterocycles. The number of aliphatic imine (C=N–C) groups is 1. The quantitative estimate of drug-likeness (QED) is 0.525. The first-order chi connectivity index (χ1) is 5.09. The van der Waals surface area contributed by atoms with Crippen molar-refractivity contribution in [2.45, 2.75) is 11.7 Å². The smallest absolute Gasteiger partial charge is 0.262 e. The van der Waals surface area contributed by atoms with Crippen LogP contribution in [0.5, 0.6) is 0 Å². The van der Waals surface area contributed by atoms with Crippen molar-refractivity contribution in [3.63, 3.8) is 0 Å². The number of hydrogen-bond acceptors (Lipinski definition) is 5. The molecule has 0 aliphatic carbocycles. The number of nitrogens with two attached hydrogens (primary N) is 1. The fourth-order valence-corrected chi connectivity index (χ4v) is 1.49. The molecule has 60 valence electrons. The van der Waals surface area contributed by atoms with Crippen molar-refractivity contribution < 1.29 is 14.7 Å². The van der Waals surface area contributed by atoms with Crippen LogP contribution in [0.1, 0.15) is 6.42 Å². The number of thioether (sulfide) groups is 1. The zero-order chi connectivity index (χ0) is 8.43. The Bertz CT molecular complexity index is 238. The van der Waals surface area contributed by atoms with Gasteiger partial charge in [-0.05, 0) is 0 Å². The van der Waals surface area contributed by atoms with E-state index in [9.17, 15) is 14.7 Å². The summed E-state index contributed by atoms with van der Waals surface area (Å²) < 4.78 is 0. The Hall–Kier alpha value is -1.04. The lowest BCUT2D eigenvalue weighted by Crippen LogP contribution is -2.28. The van der Waals surface area contributed by atoms with E-state index in [-0.39, 0.29) is 11.6 Å². The molecule has 0 saturated carbocycles. The highest BCUT2D eigenvalue weighted by Crippen LogP contribution is 2.21. The zero-order valence-electron chi connectivity index (χ0n) is 5.44. The standard InChI is InChI=1S/C5H6N2O3S/c6-5-7-4(10)2(11-5)1-3(8)9/h2H,1H2,(H,8,9)(H2,6,7,10)/p-1/t2-/m0/s1. The SMILES string of the molecule is NC1=NC(=O)[C@H](CC(=O)[O-])S1. The molecule has 1 rings (SSSR count). The van der Waals surface area contributed by atoms with Crippen molar-refractivity contribution in [2.24, 2.45) is 10.7 Å². The van der Waals surface area contributed by atoms with Crippen LogP contribution in [0.25, 0.3) is 0 Å². The Morgan fingerprint density at radius 2 is 2.45 bits per heavy atom. The van der Waals surface area contributed by atoms with Crippen LogP contribution < -0.4 is 10.8 Å². The average Bonchev–Trinajstić information content (AvgIpc) is 2.09. The fourth-order valence-electron chi connectivity index (χ4n) is 0.683. The summed E-state index contributed by atoms with van der Waals surface area (Å²) in [6, 6.07) is 0. The third-order valence-electron chi connectivity index (χ3n) is 1.11. The molecule has 1 aliphatic heterocycles. The lowest BCUT2D eigenvalue weighted by molar-refractivity contribution is -0.305. The molecule has 1 atom stereocenters. The molecule has 0 aromatic rings. The molecule has 1 aliphatic rings. The third-order valence-corrected chi connectivity index (χ3v) is 2.10. The van der Waals surface area contributed by atoms with Gasteiger partial charge in [-0.15, -0.1) is 0 Å². The molecule has 0 spiro atoms. The second-order valence-corrected chi connectivity index (χ2v) is 3.19. The van der Waals surface area contributed by atoms with Crippen LogP contribution in [0.2, 0.25) is 0 Å². The van der Waals surface area contributed by atoms with Gasteiger partial charge in [-0.1, -0.05) is 11.8 Å². The minimum absolute atomic E-state index is 0.126. The summed E-state index contributed by atoms with van der Waals surface area (Å²) in [7, 11) is 0. The van der Waals surface area contributed by atoms with E-state index in [0.717, 1.165) is 11.8 Å². The molecule has 1 amide bonds. The summed E-state index contributed by atoms with van der Waals surface area (Å²) in [4.78, 5) is 24.1. The molecule has 0 saturated heterocycles. The molecule has 0 aromatic heterocycles. The second kappa shape index (κ2) is 2.91. The van der Waals surface area contributed by atoms with Crippen molar-refractivity contribution in [1.29, 1.82) is 0 Å². The predicted molar refractivity (Wildman–Crippen MR) is 37.6 cm³/mol. The van der Waals surface area contributed by atoms with E-state index in [1.165, 1.54) is 0 Å². The molecular weight excluding hydrogens is 168 g/mol. The lowest BCUT2D eigenvalue weighted by Gasteiger charge is -2.05. The zero-order valence-corrected chi connectivity index (χ0v) is 6.26. The normalized spacial score (nSPS) is 23.5. The Balaban J connectivity index is 2.53. The first-order valence-electron chi connectivity index (χ1n) is 2.84. The van der Waals surface area contributed by atoms with Crippen LogP contribution in [0.4, 0.5) is 0 Å². The van der Waals surface area contributed by atoms with Gasteiger partial charge in [0, 0.05) is 12.4 Å². The van der Waals surface area contributed by atoms with Crippen molar-refractivity contribution in [3.8, 4) is 0 Å². The Morgan fingerprint density at radius 3 is 2.82 bits per heavy atom. The predicted octanol–water partition coefficient (Wildman–Crippen LogP) is -1.92. The molecule has 0 fully saturated rings. The summed E-state index contributed by atoms with van der Waals surface area (Å²) in [5, 5.41) is 9.48. The number of nitrogens with zero attached hydrogens (tertiary/aromatic N) is 1. The van der Waals surface area contributed by atoms with Crippen LogP contribution in [0.3, 0.4) is 0 Å². The number of carbonyl (C=O) groups excluding carboxylic acids is 2. The van der Waals surface area contributed by atoms with Gasteiger partial charge < -0.3 is 15.6 Å². The molecular formula is C5H5N2O3S-. The van der Waals surface area contributed by atoms with Crippen LogP contribution in [-0.4, -0.2) is 22.3 Å². The number of aliphatic carboxylic acids is 1. The Kier molecular flexibility index (Phi) is 2.13. The Morgan fingerprint density at radius 1 is 1.82 bits per heavy atom. The molecule has 6 heteroatoms. The van der Waals surface area contributed by atoms with Gasteiger partial charge >= 0.3 is 0 Å². The van der Waals surface area contributed by atoms with Crippen LogP contribution in [0.15, 0.2) is 4.99 Å². The molecule has 0 aromatic carbocycles. The maximum atomic E-state index is 10.7. The number of carboxylic acids is 1. The van der Waals surface area contributed by atoms with E-state index in [0.29, 0.717) is 0 Å². The maximum absolute atomic E-state index is 10.7. The average molecular weight is 173 g/mol. The van der Waals surface area contributed by atoms with E-state index >= 15 is 0 Å². The van der Waals surface area contributed by atoms with Crippen LogP contribution in [-0.2, 0) is 9.59 Å². The van der Waals surface area contributed by atoms with Gasteiger partial charge in [0.2, 0.25) is 0 Å². The van der Waals surface area contributed by atoms with Crippen molar-refractivity contribution in [2.75, 3.05) is 0 Å². The minimum Gasteiger partial charge on any atom is -0.550 e. The molecule has 0 bridgehead atoms. The van der Waals surface area contributed by atoms with Gasteiger partial charge in [-0.2, -0.15) is 4.99 Å².